The van der Waals surface area contributed by atoms with Gasteiger partial charge in [-0.25, -0.2) is 12.8 Å². The Morgan fingerprint density at radius 2 is 1.88 bits per heavy atom. The molecular weight excluding hydrogens is 245 g/mol. The first kappa shape index (κ1) is 14.1. The summed E-state index contributed by atoms with van der Waals surface area (Å²) in [6.07, 6.45) is 0. The molecule has 0 saturated heterocycles. The van der Waals surface area contributed by atoms with Crippen LogP contribution in [0.15, 0.2) is 24.3 Å². The topological polar surface area (TPSA) is 57.6 Å². The van der Waals surface area contributed by atoms with Crippen LogP contribution in [0.25, 0.3) is 0 Å². The minimum absolute atomic E-state index is 0.200. The minimum Gasteiger partial charge on any atom is -0.395 e. The van der Waals surface area contributed by atoms with Crippen molar-refractivity contribution in [1.82, 2.24) is 4.31 Å². The van der Waals surface area contributed by atoms with E-state index in [1.165, 1.54) is 31.3 Å². The van der Waals surface area contributed by atoms with Gasteiger partial charge in [0.1, 0.15) is 5.82 Å². The molecule has 96 valence electrons. The molecule has 0 aliphatic heterocycles. The molecule has 1 aromatic carbocycles. The molecule has 6 heteroatoms. The van der Waals surface area contributed by atoms with E-state index in [4.69, 9.17) is 5.11 Å². The molecule has 0 spiro atoms. The van der Waals surface area contributed by atoms with E-state index in [1.54, 1.807) is 6.92 Å². The van der Waals surface area contributed by atoms with Crippen LogP contribution in [-0.2, 0) is 15.8 Å². The first-order valence-electron chi connectivity index (χ1n) is 5.18. The molecule has 1 N–H and O–H groups in total. The fraction of sp³-hybridized carbons (Fsp3) is 0.455. The van der Waals surface area contributed by atoms with E-state index in [0.29, 0.717) is 5.56 Å². The summed E-state index contributed by atoms with van der Waals surface area (Å²) in [5.74, 6) is -0.600. The number of hydrogen-bond acceptors (Lipinski definition) is 3. The van der Waals surface area contributed by atoms with Crippen LogP contribution in [0.1, 0.15) is 12.5 Å². The van der Waals surface area contributed by atoms with Crippen molar-refractivity contribution < 1.29 is 17.9 Å². The van der Waals surface area contributed by atoms with Crippen LogP contribution in [0.2, 0.25) is 0 Å². The summed E-state index contributed by atoms with van der Waals surface area (Å²) in [6, 6.07) is 4.84. The SMILES string of the molecule is CC(CO)N(C)S(=O)(=O)Cc1ccc(F)cc1. The summed E-state index contributed by atoms with van der Waals surface area (Å²) in [4.78, 5) is 0. The van der Waals surface area contributed by atoms with Crippen molar-refractivity contribution >= 4 is 10.0 Å². The highest BCUT2D eigenvalue weighted by Gasteiger charge is 2.22. The fourth-order valence-corrected chi connectivity index (χ4v) is 2.71. The zero-order valence-electron chi connectivity index (χ0n) is 9.80. The van der Waals surface area contributed by atoms with Crippen LogP contribution >= 0.6 is 0 Å². The maximum atomic E-state index is 12.7. The lowest BCUT2D eigenvalue weighted by atomic mass is 10.2. The predicted molar refractivity (Wildman–Crippen MR) is 63.3 cm³/mol. The van der Waals surface area contributed by atoms with Crippen LogP contribution in [0.5, 0.6) is 0 Å². The fourth-order valence-electron chi connectivity index (χ4n) is 1.28. The Hall–Kier alpha value is -0.980. The lowest BCUT2D eigenvalue weighted by Crippen LogP contribution is -2.38. The van der Waals surface area contributed by atoms with E-state index in [0.717, 1.165) is 4.31 Å². The molecule has 0 heterocycles. The Labute approximate surface area is 101 Å². The summed E-state index contributed by atoms with van der Waals surface area (Å²) in [6.45, 7) is 1.38. The third kappa shape index (κ3) is 3.76. The van der Waals surface area contributed by atoms with Crippen LogP contribution < -0.4 is 0 Å². The van der Waals surface area contributed by atoms with Crippen LogP contribution in [0.4, 0.5) is 4.39 Å². The predicted octanol–water partition coefficient (Wildman–Crippen LogP) is 0.968. The Kier molecular flexibility index (Phi) is 4.62. The van der Waals surface area contributed by atoms with Gasteiger partial charge in [0.2, 0.25) is 10.0 Å². The van der Waals surface area contributed by atoms with Crippen LogP contribution in [-0.4, -0.2) is 37.5 Å². The van der Waals surface area contributed by atoms with Crippen LogP contribution in [0.3, 0.4) is 0 Å². The van der Waals surface area contributed by atoms with E-state index in [1.807, 2.05) is 0 Å². The summed E-state index contributed by atoms with van der Waals surface area (Å²) < 4.78 is 37.6. The molecule has 0 aliphatic rings. The molecule has 1 atom stereocenters. The molecule has 0 saturated carbocycles. The van der Waals surface area contributed by atoms with Gasteiger partial charge in [0.05, 0.1) is 12.4 Å². The average molecular weight is 261 g/mol. The third-order valence-electron chi connectivity index (χ3n) is 2.59. The first-order chi connectivity index (χ1) is 7.86. The quantitative estimate of drug-likeness (QED) is 0.859. The zero-order chi connectivity index (χ0) is 13.1. The summed E-state index contributed by atoms with van der Waals surface area (Å²) >= 11 is 0. The molecule has 0 amide bonds. The molecule has 1 rings (SSSR count). The number of nitrogens with zero attached hydrogens (tertiary/aromatic N) is 1. The number of rotatable bonds is 5. The Balaban J connectivity index is 2.83. The zero-order valence-corrected chi connectivity index (χ0v) is 10.6. The van der Waals surface area contributed by atoms with E-state index < -0.39 is 21.9 Å². The normalized spacial score (nSPS) is 13.9. The van der Waals surface area contributed by atoms with Gasteiger partial charge in [-0.05, 0) is 24.6 Å². The number of aliphatic hydroxyl groups excluding tert-OH is 1. The van der Waals surface area contributed by atoms with Gasteiger partial charge in [-0.2, -0.15) is 4.31 Å². The molecule has 17 heavy (non-hydrogen) atoms. The lowest BCUT2D eigenvalue weighted by molar-refractivity contribution is 0.213. The second kappa shape index (κ2) is 5.57. The van der Waals surface area contributed by atoms with E-state index >= 15 is 0 Å². The number of sulfonamides is 1. The monoisotopic (exact) mass is 261 g/mol. The van der Waals surface area contributed by atoms with Gasteiger partial charge >= 0.3 is 0 Å². The molecule has 0 radical (unpaired) electrons. The molecule has 0 aliphatic carbocycles. The maximum Gasteiger partial charge on any atom is 0.218 e. The largest absolute Gasteiger partial charge is 0.395 e. The molecule has 4 nitrogen and oxygen atoms in total. The number of likely N-dealkylation sites (N-methyl/N-ethyl adjacent to an activating group) is 1. The van der Waals surface area contributed by atoms with Gasteiger partial charge in [-0.3, -0.25) is 0 Å². The second-order valence-electron chi connectivity index (χ2n) is 3.93. The third-order valence-corrected chi connectivity index (χ3v) is 4.52. The Bertz CT molecular complexity index is 458. The van der Waals surface area contributed by atoms with Gasteiger partial charge in [0.15, 0.2) is 0 Å². The lowest BCUT2D eigenvalue weighted by Gasteiger charge is -2.22. The van der Waals surface area contributed by atoms with Gasteiger partial charge in [0.25, 0.3) is 0 Å². The molecule has 0 aromatic heterocycles. The highest BCUT2D eigenvalue weighted by Crippen LogP contribution is 2.12. The second-order valence-corrected chi connectivity index (χ2v) is 5.96. The average Bonchev–Trinajstić information content (AvgIpc) is 2.30. The number of hydrogen-bond donors (Lipinski definition) is 1. The molecular formula is C11H16FNO3S. The van der Waals surface area contributed by atoms with Crippen molar-refractivity contribution in [2.45, 2.75) is 18.7 Å². The molecule has 1 aromatic rings. The van der Waals surface area contributed by atoms with Crippen molar-refractivity contribution in [3.8, 4) is 0 Å². The number of halogens is 1. The number of benzene rings is 1. The van der Waals surface area contributed by atoms with Gasteiger partial charge in [-0.1, -0.05) is 12.1 Å². The highest BCUT2D eigenvalue weighted by molar-refractivity contribution is 7.88. The van der Waals surface area contributed by atoms with E-state index in [2.05, 4.69) is 0 Å². The van der Waals surface area contributed by atoms with Crippen molar-refractivity contribution in [3.63, 3.8) is 0 Å². The van der Waals surface area contributed by atoms with Gasteiger partial charge < -0.3 is 5.11 Å². The summed E-state index contributed by atoms with van der Waals surface area (Å²) in [5, 5.41) is 8.92. The Morgan fingerprint density at radius 1 is 1.35 bits per heavy atom. The smallest absolute Gasteiger partial charge is 0.218 e. The maximum absolute atomic E-state index is 12.7. The van der Waals surface area contributed by atoms with Crippen molar-refractivity contribution in [2.75, 3.05) is 13.7 Å². The Morgan fingerprint density at radius 3 is 2.35 bits per heavy atom. The van der Waals surface area contributed by atoms with Crippen LogP contribution in [0, 0.1) is 5.82 Å². The van der Waals surface area contributed by atoms with E-state index in [-0.39, 0.29) is 12.4 Å². The molecule has 1 unspecified atom stereocenters. The van der Waals surface area contributed by atoms with Crippen molar-refractivity contribution in [3.05, 3.63) is 35.6 Å². The van der Waals surface area contributed by atoms with Crippen molar-refractivity contribution in [1.29, 1.82) is 0 Å². The number of aliphatic hydroxyl groups is 1. The standard InChI is InChI=1S/C11H16FNO3S/c1-9(7-14)13(2)17(15,16)8-10-3-5-11(12)6-4-10/h3-6,9,14H,7-8H2,1-2H3. The molecule has 0 bridgehead atoms. The van der Waals surface area contributed by atoms with Crippen molar-refractivity contribution in [2.24, 2.45) is 0 Å². The molecule has 0 fully saturated rings. The van der Waals surface area contributed by atoms with Gasteiger partial charge in [-0.15, -0.1) is 0 Å². The minimum atomic E-state index is -3.49. The first-order valence-corrected chi connectivity index (χ1v) is 6.78. The highest BCUT2D eigenvalue weighted by atomic mass is 32.2. The summed E-state index contributed by atoms with van der Waals surface area (Å²) in [5.41, 5.74) is 0.517. The van der Waals surface area contributed by atoms with E-state index in [9.17, 15) is 12.8 Å². The van der Waals surface area contributed by atoms with Gasteiger partial charge in [0, 0.05) is 13.1 Å². The summed E-state index contributed by atoms with van der Waals surface area (Å²) in [7, 11) is -2.07.